The van der Waals surface area contributed by atoms with E-state index in [1.807, 2.05) is 0 Å². The molecule has 0 aromatic rings. The lowest BCUT2D eigenvalue weighted by Gasteiger charge is -2.35. The molecule has 1 aliphatic heterocycles. The first-order valence-corrected chi connectivity index (χ1v) is 8.13. The van der Waals surface area contributed by atoms with Crippen LogP contribution >= 0.6 is 11.8 Å². The lowest BCUT2D eigenvalue weighted by Crippen LogP contribution is -2.50. The molecule has 3 nitrogen and oxygen atoms in total. The lowest BCUT2D eigenvalue weighted by atomic mass is 10.0. The smallest absolute Gasteiger partial charge is 0.0783 e. The van der Waals surface area contributed by atoms with Gasteiger partial charge in [0.25, 0.3) is 0 Å². The van der Waals surface area contributed by atoms with Crippen molar-refractivity contribution in [3.63, 3.8) is 0 Å². The largest absolute Gasteiger partial charge is 0.381 e. The molecular formula is C14H29NO2S. The molecule has 0 saturated carbocycles. The molecule has 1 unspecified atom stereocenters. The van der Waals surface area contributed by atoms with Crippen molar-refractivity contribution in [2.45, 2.75) is 56.9 Å². The van der Waals surface area contributed by atoms with E-state index in [2.05, 4.69) is 37.8 Å². The summed E-state index contributed by atoms with van der Waals surface area (Å²) < 4.78 is 11.0. The summed E-state index contributed by atoms with van der Waals surface area (Å²) in [5.74, 6) is 1.12. The number of rotatable bonds is 8. The molecule has 4 heteroatoms. The topological polar surface area (TPSA) is 30.5 Å². The van der Waals surface area contributed by atoms with Gasteiger partial charge in [-0.05, 0) is 39.7 Å². The third kappa shape index (κ3) is 5.47. The van der Waals surface area contributed by atoms with E-state index in [0.717, 1.165) is 37.2 Å². The van der Waals surface area contributed by atoms with Crippen molar-refractivity contribution in [2.75, 3.05) is 32.6 Å². The van der Waals surface area contributed by atoms with Crippen molar-refractivity contribution < 1.29 is 9.47 Å². The number of ether oxygens (including phenoxy) is 2. The fraction of sp³-hybridized carbons (Fsp3) is 1.00. The van der Waals surface area contributed by atoms with Gasteiger partial charge in [-0.25, -0.2) is 0 Å². The fourth-order valence-electron chi connectivity index (χ4n) is 2.04. The van der Waals surface area contributed by atoms with Gasteiger partial charge in [-0.3, -0.25) is 0 Å². The molecule has 1 N–H and O–H groups in total. The summed E-state index contributed by atoms with van der Waals surface area (Å²) in [7, 11) is 1.81. The van der Waals surface area contributed by atoms with E-state index in [4.69, 9.17) is 9.47 Å². The Labute approximate surface area is 116 Å². The highest BCUT2D eigenvalue weighted by atomic mass is 32.2. The van der Waals surface area contributed by atoms with Crippen LogP contribution in [0, 0.1) is 0 Å². The molecule has 1 heterocycles. The summed E-state index contributed by atoms with van der Waals surface area (Å²) in [6, 6.07) is 0.412. The molecule has 0 aliphatic carbocycles. The molecule has 1 aliphatic rings. The quantitative estimate of drug-likeness (QED) is 0.738. The summed E-state index contributed by atoms with van der Waals surface area (Å²) in [5.41, 5.74) is -0.104. The standard InChI is InChI=1S/C14H29NO2S/c1-5-8-15-13(14(2,3)16-4)11-18-12-6-9-17-10-7-12/h12-13,15H,5-11H2,1-4H3. The van der Waals surface area contributed by atoms with Crippen LogP contribution in [0.5, 0.6) is 0 Å². The van der Waals surface area contributed by atoms with Crippen molar-refractivity contribution in [3.8, 4) is 0 Å². The maximum absolute atomic E-state index is 5.64. The zero-order chi connectivity index (χ0) is 13.4. The van der Waals surface area contributed by atoms with E-state index in [1.165, 1.54) is 12.8 Å². The minimum Gasteiger partial charge on any atom is -0.381 e. The molecule has 1 saturated heterocycles. The van der Waals surface area contributed by atoms with Gasteiger partial charge in [-0.15, -0.1) is 0 Å². The molecule has 1 fully saturated rings. The SMILES string of the molecule is CCCNC(CSC1CCOCC1)C(C)(C)OC. The van der Waals surface area contributed by atoms with Crippen molar-refractivity contribution in [3.05, 3.63) is 0 Å². The average molecular weight is 275 g/mol. The van der Waals surface area contributed by atoms with Gasteiger partial charge in [-0.2, -0.15) is 11.8 Å². The fourth-order valence-corrected chi connectivity index (χ4v) is 3.55. The summed E-state index contributed by atoms with van der Waals surface area (Å²) in [5, 5.41) is 4.38. The van der Waals surface area contributed by atoms with Gasteiger partial charge in [0.1, 0.15) is 0 Å². The molecule has 1 rings (SSSR count). The van der Waals surface area contributed by atoms with Crippen molar-refractivity contribution >= 4 is 11.8 Å². The molecule has 0 radical (unpaired) electrons. The monoisotopic (exact) mass is 275 g/mol. The number of hydrogen-bond donors (Lipinski definition) is 1. The molecule has 0 amide bonds. The Bertz CT molecular complexity index is 218. The Morgan fingerprint density at radius 2 is 2.06 bits per heavy atom. The van der Waals surface area contributed by atoms with Gasteiger partial charge < -0.3 is 14.8 Å². The number of thioether (sulfide) groups is 1. The van der Waals surface area contributed by atoms with Gasteiger partial charge >= 0.3 is 0 Å². The number of methoxy groups -OCH3 is 1. The first-order chi connectivity index (χ1) is 8.60. The van der Waals surface area contributed by atoms with Gasteiger partial charge in [0.2, 0.25) is 0 Å². The molecular weight excluding hydrogens is 246 g/mol. The van der Waals surface area contributed by atoms with E-state index in [0.29, 0.717) is 6.04 Å². The minimum atomic E-state index is -0.104. The number of hydrogen-bond acceptors (Lipinski definition) is 4. The van der Waals surface area contributed by atoms with Crippen molar-refractivity contribution in [2.24, 2.45) is 0 Å². The highest BCUT2D eigenvalue weighted by Gasteiger charge is 2.29. The summed E-state index contributed by atoms with van der Waals surface area (Å²) in [6.07, 6.45) is 3.55. The Kier molecular flexibility index (Phi) is 7.61. The van der Waals surface area contributed by atoms with Crippen LogP contribution in [0.15, 0.2) is 0 Å². The van der Waals surface area contributed by atoms with Gasteiger partial charge in [0, 0.05) is 37.4 Å². The van der Waals surface area contributed by atoms with Crippen molar-refractivity contribution in [1.29, 1.82) is 0 Å². The summed E-state index contributed by atoms with van der Waals surface area (Å²) in [6.45, 7) is 9.47. The van der Waals surface area contributed by atoms with Crippen LogP contribution in [0.1, 0.15) is 40.0 Å². The molecule has 108 valence electrons. The van der Waals surface area contributed by atoms with Crippen LogP contribution in [0.2, 0.25) is 0 Å². The van der Waals surface area contributed by atoms with Gasteiger partial charge in [0.15, 0.2) is 0 Å². The van der Waals surface area contributed by atoms with E-state index >= 15 is 0 Å². The van der Waals surface area contributed by atoms with E-state index in [9.17, 15) is 0 Å². The van der Waals surface area contributed by atoms with Crippen LogP contribution in [-0.2, 0) is 9.47 Å². The Balaban J connectivity index is 2.39. The third-order valence-electron chi connectivity index (χ3n) is 3.67. The molecule has 0 bridgehead atoms. The van der Waals surface area contributed by atoms with E-state index in [-0.39, 0.29) is 5.60 Å². The van der Waals surface area contributed by atoms with Crippen LogP contribution < -0.4 is 5.32 Å². The van der Waals surface area contributed by atoms with E-state index in [1.54, 1.807) is 7.11 Å². The highest BCUT2D eigenvalue weighted by Crippen LogP contribution is 2.26. The first-order valence-electron chi connectivity index (χ1n) is 7.08. The van der Waals surface area contributed by atoms with Crippen LogP contribution in [0.4, 0.5) is 0 Å². The van der Waals surface area contributed by atoms with Crippen LogP contribution in [0.25, 0.3) is 0 Å². The second-order valence-corrected chi connectivity index (χ2v) is 6.79. The lowest BCUT2D eigenvalue weighted by molar-refractivity contribution is -0.00351. The van der Waals surface area contributed by atoms with Gasteiger partial charge in [0.05, 0.1) is 5.60 Å². The number of nitrogens with one attached hydrogen (secondary N) is 1. The van der Waals surface area contributed by atoms with Crippen molar-refractivity contribution in [1.82, 2.24) is 5.32 Å². The molecule has 18 heavy (non-hydrogen) atoms. The van der Waals surface area contributed by atoms with Crippen LogP contribution in [0.3, 0.4) is 0 Å². The zero-order valence-electron chi connectivity index (χ0n) is 12.3. The maximum atomic E-state index is 5.64. The molecule has 1 atom stereocenters. The maximum Gasteiger partial charge on any atom is 0.0783 e. The Morgan fingerprint density at radius 3 is 2.61 bits per heavy atom. The zero-order valence-corrected chi connectivity index (χ0v) is 13.1. The summed E-state index contributed by atoms with van der Waals surface area (Å²) in [4.78, 5) is 0. The predicted octanol–water partition coefficient (Wildman–Crippen LogP) is 2.69. The first kappa shape index (κ1) is 16.3. The molecule has 0 spiro atoms. The third-order valence-corrected chi connectivity index (χ3v) is 5.14. The Morgan fingerprint density at radius 1 is 1.39 bits per heavy atom. The van der Waals surface area contributed by atoms with E-state index < -0.39 is 0 Å². The highest BCUT2D eigenvalue weighted by molar-refractivity contribution is 7.99. The van der Waals surface area contributed by atoms with Crippen LogP contribution in [-0.4, -0.2) is 49.5 Å². The second kappa shape index (κ2) is 8.41. The Hall–Kier alpha value is 0.230. The second-order valence-electron chi connectivity index (χ2n) is 5.46. The average Bonchev–Trinajstić information content (AvgIpc) is 2.39. The normalized spacial score (nSPS) is 20.0. The predicted molar refractivity (Wildman–Crippen MR) is 79.5 cm³/mol. The summed E-state index contributed by atoms with van der Waals surface area (Å²) >= 11 is 2.08. The van der Waals surface area contributed by atoms with Gasteiger partial charge in [-0.1, -0.05) is 6.92 Å². The molecule has 0 aromatic heterocycles. The molecule has 0 aromatic carbocycles. The minimum absolute atomic E-state index is 0.104.